The van der Waals surface area contributed by atoms with Crippen LogP contribution in [0.15, 0.2) is 0 Å². The molecule has 0 spiro atoms. The van der Waals surface area contributed by atoms with Crippen LogP contribution in [-0.2, 0) is 0 Å². The van der Waals surface area contributed by atoms with E-state index in [2.05, 4.69) is 26.7 Å². The Morgan fingerprint density at radius 2 is 0.900 bits per heavy atom. The first-order valence-electron chi connectivity index (χ1n) is 3.92. The monoisotopic (exact) mass is 180 g/mol. The second-order valence-electron chi connectivity index (χ2n) is 2.61. The van der Waals surface area contributed by atoms with Crippen LogP contribution in [0.4, 0.5) is 0 Å². The molecule has 10 heavy (non-hydrogen) atoms. The highest BCUT2D eigenvalue weighted by molar-refractivity contribution is 7.60. The molecule has 0 amide bonds. The molecule has 64 valence electrons. The molecule has 0 heterocycles. The minimum Gasteiger partial charge on any atom is -0.113 e. The van der Waals surface area contributed by atoms with Gasteiger partial charge in [0.1, 0.15) is 0 Å². The second-order valence-corrected chi connectivity index (χ2v) is 7.82. The molecular weight excluding hydrogens is 158 g/mol. The van der Waals surface area contributed by atoms with Crippen LogP contribution in [0.25, 0.3) is 0 Å². The molecule has 2 heteroatoms. The molecule has 0 fully saturated rings. The van der Waals surface area contributed by atoms with E-state index in [1.54, 1.807) is 0 Å². The maximum absolute atomic E-state index is 2.36. The van der Waals surface area contributed by atoms with E-state index in [1.807, 2.05) is 13.8 Å². The molecular formula is C8H22P2. The molecule has 0 atom stereocenters. The standard InChI is InChI=1S/C6H16P2.C2H6/c1-7(2)5-6-8(3)4;1-2/h5-6H2,1-4H3;1-2H3. The average Bonchev–Trinajstić information content (AvgIpc) is 1.89. The summed E-state index contributed by atoms with van der Waals surface area (Å²) in [5.41, 5.74) is 0. The van der Waals surface area contributed by atoms with Crippen molar-refractivity contribution in [1.29, 1.82) is 0 Å². The summed E-state index contributed by atoms with van der Waals surface area (Å²) in [6.07, 6.45) is 2.96. The summed E-state index contributed by atoms with van der Waals surface area (Å²) in [4.78, 5) is 0. The highest BCUT2D eigenvalue weighted by Gasteiger charge is 1.94. The van der Waals surface area contributed by atoms with Gasteiger partial charge in [0.05, 0.1) is 0 Å². The van der Waals surface area contributed by atoms with E-state index in [9.17, 15) is 0 Å². The van der Waals surface area contributed by atoms with Crippen LogP contribution >= 0.6 is 15.8 Å². The first kappa shape index (κ1) is 13.4. The van der Waals surface area contributed by atoms with Gasteiger partial charge in [0.15, 0.2) is 0 Å². The highest BCUT2D eigenvalue weighted by atomic mass is 31.1. The van der Waals surface area contributed by atoms with Gasteiger partial charge in [-0.2, -0.15) is 0 Å². The van der Waals surface area contributed by atoms with Crippen LogP contribution in [-0.4, -0.2) is 39.0 Å². The Labute approximate surface area is 69.3 Å². The molecule has 0 aliphatic carbocycles. The van der Waals surface area contributed by atoms with Gasteiger partial charge in [-0.15, -0.1) is 15.8 Å². The van der Waals surface area contributed by atoms with E-state index >= 15 is 0 Å². The number of hydrogen-bond acceptors (Lipinski definition) is 0. The number of hydrogen-bond donors (Lipinski definition) is 0. The van der Waals surface area contributed by atoms with Gasteiger partial charge >= 0.3 is 0 Å². The maximum Gasteiger partial charge on any atom is -0.0292 e. The van der Waals surface area contributed by atoms with E-state index in [-0.39, 0.29) is 0 Å². The Kier molecular flexibility index (Phi) is 13.3. The molecule has 0 aromatic rings. The van der Waals surface area contributed by atoms with Crippen LogP contribution in [0.1, 0.15) is 13.8 Å². The first-order valence-corrected chi connectivity index (χ1v) is 8.76. The molecule has 0 unspecified atom stereocenters. The van der Waals surface area contributed by atoms with Gasteiger partial charge in [0.25, 0.3) is 0 Å². The van der Waals surface area contributed by atoms with Crippen molar-refractivity contribution in [2.75, 3.05) is 39.0 Å². The zero-order valence-electron chi connectivity index (χ0n) is 8.31. The normalized spacial score (nSPS) is 9.60. The van der Waals surface area contributed by atoms with Crippen molar-refractivity contribution in [2.24, 2.45) is 0 Å². The molecule has 0 saturated heterocycles. The lowest BCUT2D eigenvalue weighted by Gasteiger charge is -2.07. The zero-order chi connectivity index (χ0) is 8.57. The minimum atomic E-state index is 0.383. The molecule has 0 nitrogen and oxygen atoms in total. The largest absolute Gasteiger partial charge is 0.113 e. The van der Waals surface area contributed by atoms with E-state index in [0.29, 0.717) is 15.8 Å². The summed E-state index contributed by atoms with van der Waals surface area (Å²) in [6.45, 7) is 13.4. The molecule has 0 saturated carbocycles. The summed E-state index contributed by atoms with van der Waals surface area (Å²) in [5.74, 6) is 0. The lowest BCUT2D eigenvalue weighted by Crippen LogP contribution is -1.86. The maximum atomic E-state index is 2.36. The van der Waals surface area contributed by atoms with Gasteiger partial charge in [0, 0.05) is 0 Å². The Morgan fingerprint density at radius 3 is 1.00 bits per heavy atom. The van der Waals surface area contributed by atoms with Gasteiger partial charge in [-0.25, -0.2) is 0 Å². The topological polar surface area (TPSA) is 0 Å². The van der Waals surface area contributed by atoms with Crippen LogP contribution in [0.3, 0.4) is 0 Å². The molecule has 0 N–H and O–H groups in total. The molecule has 0 aliphatic heterocycles. The zero-order valence-corrected chi connectivity index (χ0v) is 10.1. The molecule has 0 aromatic heterocycles. The van der Waals surface area contributed by atoms with Crippen LogP contribution < -0.4 is 0 Å². The predicted molar refractivity (Wildman–Crippen MR) is 58.6 cm³/mol. The van der Waals surface area contributed by atoms with Gasteiger partial charge in [0.2, 0.25) is 0 Å². The number of rotatable bonds is 3. The van der Waals surface area contributed by atoms with Crippen molar-refractivity contribution in [1.82, 2.24) is 0 Å². The fourth-order valence-corrected chi connectivity index (χ4v) is 3.60. The SMILES string of the molecule is CC.CP(C)CCP(C)C. The van der Waals surface area contributed by atoms with Gasteiger partial charge in [-0.05, 0) is 39.0 Å². The average molecular weight is 180 g/mol. The summed E-state index contributed by atoms with van der Waals surface area (Å²) in [5, 5.41) is 0. The van der Waals surface area contributed by atoms with Crippen molar-refractivity contribution in [3.63, 3.8) is 0 Å². The Hall–Kier alpha value is 0.860. The first-order chi connectivity index (χ1) is 4.63. The van der Waals surface area contributed by atoms with Crippen LogP contribution in [0.2, 0.25) is 0 Å². The Bertz CT molecular complexity index is 43.2. The summed E-state index contributed by atoms with van der Waals surface area (Å²) in [6, 6.07) is 0. The van der Waals surface area contributed by atoms with E-state index in [1.165, 1.54) is 12.3 Å². The summed E-state index contributed by atoms with van der Waals surface area (Å²) in [7, 11) is 0.766. The van der Waals surface area contributed by atoms with Crippen molar-refractivity contribution in [3.8, 4) is 0 Å². The van der Waals surface area contributed by atoms with E-state index in [0.717, 1.165) is 0 Å². The van der Waals surface area contributed by atoms with Gasteiger partial charge in [-0.1, -0.05) is 13.8 Å². The fourth-order valence-electron chi connectivity index (χ4n) is 0.400. The second kappa shape index (κ2) is 9.86. The molecule has 0 aliphatic rings. The Balaban J connectivity index is 0. The third kappa shape index (κ3) is 15.9. The summed E-state index contributed by atoms with van der Waals surface area (Å²) < 4.78 is 0. The van der Waals surface area contributed by atoms with Crippen molar-refractivity contribution in [3.05, 3.63) is 0 Å². The molecule has 0 bridgehead atoms. The lowest BCUT2D eigenvalue weighted by atomic mass is 11.0. The van der Waals surface area contributed by atoms with E-state index < -0.39 is 0 Å². The highest BCUT2D eigenvalue weighted by Crippen LogP contribution is 2.32. The quantitative estimate of drug-likeness (QED) is 0.583. The Morgan fingerprint density at radius 1 is 0.700 bits per heavy atom. The van der Waals surface area contributed by atoms with Gasteiger partial charge < -0.3 is 0 Å². The van der Waals surface area contributed by atoms with Crippen molar-refractivity contribution in [2.45, 2.75) is 13.8 Å². The molecule has 0 radical (unpaired) electrons. The van der Waals surface area contributed by atoms with Crippen molar-refractivity contribution >= 4 is 15.8 Å². The fraction of sp³-hybridized carbons (Fsp3) is 1.00. The smallest absolute Gasteiger partial charge is 0.0292 e. The summed E-state index contributed by atoms with van der Waals surface area (Å²) >= 11 is 0. The molecule has 0 rings (SSSR count). The van der Waals surface area contributed by atoms with Gasteiger partial charge in [-0.3, -0.25) is 0 Å². The minimum absolute atomic E-state index is 0.383. The third-order valence-electron chi connectivity index (χ3n) is 0.994. The third-order valence-corrected chi connectivity index (χ3v) is 3.58. The lowest BCUT2D eigenvalue weighted by molar-refractivity contribution is 1.49. The van der Waals surface area contributed by atoms with Crippen LogP contribution in [0, 0.1) is 0 Å². The van der Waals surface area contributed by atoms with Crippen molar-refractivity contribution < 1.29 is 0 Å². The molecule has 0 aromatic carbocycles. The van der Waals surface area contributed by atoms with Crippen LogP contribution in [0.5, 0.6) is 0 Å². The van der Waals surface area contributed by atoms with E-state index in [4.69, 9.17) is 0 Å². The predicted octanol–water partition coefficient (Wildman–Crippen LogP) is 3.50.